The molecule has 0 bridgehead atoms. The van der Waals surface area contributed by atoms with E-state index in [9.17, 15) is 0 Å². The summed E-state index contributed by atoms with van der Waals surface area (Å²) in [5, 5.41) is 3.27. The third kappa shape index (κ3) is 4.98. The molecule has 1 rings (SSSR count). The SMILES string of the molecule is CCCCCCCC1OCCC1CNC. The summed E-state index contributed by atoms with van der Waals surface area (Å²) >= 11 is 0. The molecule has 0 spiro atoms. The van der Waals surface area contributed by atoms with Crippen molar-refractivity contribution in [2.24, 2.45) is 5.92 Å². The molecule has 2 heteroatoms. The monoisotopic (exact) mass is 213 g/mol. The predicted molar refractivity (Wildman–Crippen MR) is 65.1 cm³/mol. The van der Waals surface area contributed by atoms with Crippen molar-refractivity contribution in [1.29, 1.82) is 0 Å². The van der Waals surface area contributed by atoms with Crippen LogP contribution in [0.1, 0.15) is 51.9 Å². The maximum absolute atomic E-state index is 5.78. The molecule has 1 N–H and O–H groups in total. The van der Waals surface area contributed by atoms with Gasteiger partial charge in [0, 0.05) is 13.2 Å². The van der Waals surface area contributed by atoms with E-state index in [1.165, 1.54) is 44.9 Å². The van der Waals surface area contributed by atoms with Gasteiger partial charge in [-0.2, -0.15) is 0 Å². The van der Waals surface area contributed by atoms with E-state index in [2.05, 4.69) is 12.2 Å². The van der Waals surface area contributed by atoms with Gasteiger partial charge >= 0.3 is 0 Å². The normalized spacial score (nSPS) is 26.0. The van der Waals surface area contributed by atoms with Gasteiger partial charge in [0.1, 0.15) is 0 Å². The maximum atomic E-state index is 5.78. The van der Waals surface area contributed by atoms with Crippen LogP contribution in [0.5, 0.6) is 0 Å². The van der Waals surface area contributed by atoms with Crippen LogP contribution in [0.3, 0.4) is 0 Å². The molecule has 0 aromatic heterocycles. The average Bonchev–Trinajstić information content (AvgIpc) is 2.66. The highest BCUT2D eigenvalue weighted by Crippen LogP contribution is 2.24. The van der Waals surface area contributed by atoms with E-state index >= 15 is 0 Å². The minimum absolute atomic E-state index is 0.541. The fraction of sp³-hybridized carbons (Fsp3) is 1.00. The second kappa shape index (κ2) is 8.12. The highest BCUT2D eigenvalue weighted by Gasteiger charge is 2.26. The van der Waals surface area contributed by atoms with Crippen LogP contribution in [-0.2, 0) is 4.74 Å². The van der Waals surface area contributed by atoms with Crippen molar-refractivity contribution in [3.63, 3.8) is 0 Å². The topological polar surface area (TPSA) is 21.3 Å². The predicted octanol–water partition coefficient (Wildman–Crippen LogP) is 2.97. The van der Waals surface area contributed by atoms with E-state index in [1.54, 1.807) is 0 Å². The van der Waals surface area contributed by atoms with E-state index in [4.69, 9.17) is 4.74 Å². The number of hydrogen-bond acceptors (Lipinski definition) is 2. The molecule has 2 atom stereocenters. The molecular formula is C13H27NO. The third-order valence-electron chi connectivity index (χ3n) is 3.40. The molecule has 2 nitrogen and oxygen atoms in total. The number of ether oxygens (including phenoxy) is 1. The first-order chi connectivity index (χ1) is 7.38. The molecule has 2 unspecified atom stereocenters. The summed E-state index contributed by atoms with van der Waals surface area (Å²) in [5.41, 5.74) is 0. The first-order valence-electron chi connectivity index (χ1n) is 6.64. The fourth-order valence-corrected chi connectivity index (χ4v) is 2.46. The van der Waals surface area contributed by atoms with Crippen LogP contribution in [0.4, 0.5) is 0 Å². The molecule has 1 aliphatic rings. The van der Waals surface area contributed by atoms with Crippen molar-refractivity contribution in [2.45, 2.75) is 58.0 Å². The zero-order valence-corrected chi connectivity index (χ0v) is 10.4. The van der Waals surface area contributed by atoms with Crippen molar-refractivity contribution in [3.05, 3.63) is 0 Å². The van der Waals surface area contributed by atoms with Crippen LogP contribution in [0.15, 0.2) is 0 Å². The van der Waals surface area contributed by atoms with Gasteiger partial charge in [-0.3, -0.25) is 0 Å². The summed E-state index contributed by atoms with van der Waals surface area (Å²) in [6, 6.07) is 0. The Morgan fingerprint density at radius 1 is 1.20 bits per heavy atom. The second-order valence-corrected chi connectivity index (χ2v) is 4.72. The lowest BCUT2D eigenvalue weighted by Gasteiger charge is -2.17. The Hall–Kier alpha value is -0.0800. The quantitative estimate of drug-likeness (QED) is 0.626. The molecule has 0 aliphatic carbocycles. The number of hydrogen-bond donors (Lipinski definition) is 1. The van der Waals surface area contributed by atoms with Crippen molar-refractivity contribution >= 4 is 0 Å². The van der Waals surface area contributed by atoms with Crippen LogP contribution in [-0.4, -0.2) is 26.3 Å². The zero-order valence-electron chi connectivity index (χ0n) is 10.4. The zero-order chi connectivity index (χ0) is 10.9. The Balaban J connectivity index is 2.03. The Bertz CT molecular complexity index is 149. The molecule has 1 heterocycles. The molecule has 1 fully saturated rings. The molecule has 0 saturated carbocycles. The Kier molecular flexibility index (Phi) is 7.03. The molecule has 0 radical (unpaired) electrons. The van der Waals surface area contributed by atoms with Crippen LogP contribution < -0.4 is 5.32 Å². The van der Waals surface area contributed by atoms with Crippen molar-refractivity contribution < 1.29 is 4.74 Å². The van der Waals surface area contributed by atoms with E-state index in [0.717, 1.165) is 19.1 Å². The van der Waals surface area contributed by atoms with Gasteiger partial charge in [0.2, 0.25) is 0 Å². The number of unbranched alkanes of at least 4 members (excludes halogenated alkanes) is 4. The minimum atomic E-state index is 0.541. The van der Waals surface area contributed by atoms with Gasteiger partial charge in [-0.25, -0.2) is 0 Å². The van der Waals surface area contributed by atoms with Gasteiger partial charge in [-0.05, 0) is 25.8 Å². The Morgan fingerprint density at radius 2 is 2.00 bits per heavy atom. The number of rotatable bonds is 8. The fourth-order valence-electron chi connectivity index (χ4n) is 2.46. The standard InChI is InChI=1S/C13H27NO/c1-3-4-5-6-7-8-13-12(11-14-2)9-10-15-13/h12-14H,3-11H2,1-2H3. The van der Waals surface area contributed by atoms with E-state index < -0.39 is 0 Å². The lowest BCUT2D eigenvalue weighted by molar-refractivity contribution is 0.0813. The maximum Gasteiger partial charge on any atom is 0.0616 e. The van der Waals surface area contributed by atoms with Gasteiger partial charge in [-0.15, -0.1) is 0 Å². The average molecular weight is 213 g/mol. The second-order valence-electron chi connectivity index (χ2n) is 4.72. The van der Waals surface area contributed by atoms with Crippen molar-refractivity contribution in [2.75, 3.05) is 20.2 Å². The first-order valence-corrected chi connectivity index (χ1v) is 6.64. The molecule has 1 aliphatic heterocycles. The molecule has 1 saturated heterocycles. The first kappa shape index (κ1) is 13.0. The summed E-state index contributed by atoms with van der Waals surface area (Å²) in [6.07, 6.45) is 9.94. The molecule has 0 aromatic rings. The van der Waals surface area contributed by atoms with Crippen LogP contribution in [0, 0.1) is 5.92 Å². The third-order valence-corrected chi connectivity index (χ3v) is 3.40. The van der Waals surface area contributed by atoms with Gasteiger partial charge in [-0.1, -0.05) is 39.0 Å². The van der Waals surface area contributed by atoms with Crippen molar-refractivity contribution in [3.8, 4) is 0 Å². The smallest absolute Gasteiger partial charge is 0.0616 e. The molecule has 15 heavy (non-hydrogen) atoms. The van der Waals surface area contributed by atoms with Crippen LogP contribution >= 0.6 is 0 Å². The van der Waals surface area contributed by atoms with Gasteiger partial charge in [0.25, 0.3) is 0 Å². The van der Waals surface area contributed by atoms with Gasteiger partial charge in [0.15, 0.2) is 0 Å². The summed E-state index contributed by atoms with van der Waals surface area (Å²) in [7, 11) is 2.04. The molecule has 0 amide bonds. The van der Waals surface area contributed by atoms with Crippen LogP contribution in [0.2, 0.25) is 0 Å². The molecule has 0 aromatic carbocycles. The van der Waals surface area contributed by atoms with E-state index in [1.807, 2.05) is 7.05 Å². The Labute approximate surface area is 94.8 Å². The summed E-state index contributed by atoms with van der Waals surface area (Å²) in [6.45, 7) is 4.37. The highest BCUT2D eigenvalue weighted by molar-refractivity contribution is 4.77. The van der Waals surface area contributed by atoms with Gasteiger partial charge in [0.05, 0.1) is 6.10 Å². The molecule has 90 valence electrons. The minimum Gasteiger partial charge on any atom is -0.378 e. The summed E-state index contributed by atoms with van der Waals surface area (Å²) in [5.74, 6) is 0.765. The summed E-state index contributed by atoms with van der Waals surface area (Å²) in [4.78, 5) is 0. The van der Waals surface area contributed by atoms with Crippen LogP contribution in [0.25, 0.3) is 0 Å². The number of nitrogens with one attached hydrogen (secondary N) is 1. The van der Waals surface area contributed by atoms with E-state index in [0.29, 0.717) is 6.10 Å². The van der Waals surface area contributed by atoms with E-state index in [-0.39, 0.29) is 0 Å². The van der Waals surface area contributed by atoms with Gasteiger partial charge < -0.3 is 10.1 Å². The van der Waals surface area contributed by atoms with Crippen molar-refractivity contribution in [1.82, 2.24) is 5.32 Å². The molecular weight excluding hydrogens is 186 g/mol. The summed E-state index contributed by atoms with van der Waals surface area (Å²) < 4.78 is 5.78. The lowest BCUT2D eigenvalue weighted by Crippen LogP contribution is -2.26. The largest absolute Gasteiger partial charge is 0.378 e. The lowest BCUT2D eigenvalue weighted by atomic mass is 9.96. The highest BCUT2D eigenvalue weighted by atomic mass is 16.5. The Morgan fingerprint density at radius 3 is 2.73 bits per heavy atom.